The van der Waals surface area contributed by atoms with Gasteiger partial charge < -0.3 is 10.2 Å². The SMILES string of the molecule is Br.CCCN1CCCC2c3cc(O)c(O)cc3CCC21. The number of halogens is 1. The number of hydrogen-bond acceptors (Lipinski definition) is 3. The summed E-state index contributed by atoms with van der Waals surface area (Å²) in [5.74, 6) is 0.598. The Balaban J connectivity index is 0.00000147. The quantitative estimate of drug-likeness (QED) is 0.808. The average molecular weight is 342 g/mol. The number of piperidine rings is 1. The van der Waals surface area contributed by atoms with Crippen molar-refractivity contribution in [3.05, 3.63) is 23.3 Å². The molecule has 2 aliphatic rings. The number of nitrogens with zero attached hydrogens (tertiary/aromatic N) is 1. The van der Waals surface area contributed by atoms with E-state index in [0.717, 1.165) is 6.42 Å². The van der Waals surface area contributed by atoms with E-state index in [-0.39, 0.29) is 28.5 Å². The first-order valence-corrected chi connectivity index (χ1v) is 7.49. The number of benzene rings is 1. The van der Waals surface area contributed by atoms with Crippen LogP contribution >= 0.6 is 17.0 Å². The Kier molecular flexibility index (Phi) is 4.97. The molecule has 0 saturated carbocycles. The number of phenolic OH excluding ortho intramolecular Hbond substituents is 2. The maximum absolute atomic E-state index is 9.77. The average Bonchev–Trinajstić information content (AvgIpc) is 2.41. The first-order valence-electron chi connectivity index (χ1n) is 7.49. The van der Waals surface area contributed by atoms with E-state index in [1.165, 1.54) is 49.9 Å². The van der Waals surface area contributed by atoms with Crippen molar-refractivity contribution in [2.24, 2.45) is 0 Å². The van der Waals surface area contributed by atoms with Gasteiger partial charge in [0.25, 0.3) is 0 Å². The highest BCUT2D eigenvalue weighted by molar-refractivity contribution is 8.93. The van der Waals surface area contributed by atoms with Crippen LogP contribution in [0.3, 0.4) is 0 Å². The highest BCUT2D eigenvalue weighted by atomic mass is 79.9. The van der Waals surface area contributed by atoms with Crippen molar-refractivity contribution in [1.29, 1.82) is 0 Å². The number of likely N-dealkylation sites (tertiary alicyclic amines) is 1. The summed E-state index contributed by atoms with van der Waals surface area (Å²) in [4.78, 5) is 2.63. The molecule has 1 aromatic carbocycles. The molecule has 2 atom stereocenters. The van der Waals surface area contributed by atoms with Crippen molar-refractivity contribution in [2.75, 3.05) is 13.1 Å². The van der Waals surface area contributed by atoms with Gasteiger partial charge in [0.15, 0.2) is 11.5 Å². The molecule has 2 unspecified atom stereocenters. The van der Waals surface area contributed by atoms with Crippen molar-refractivity contribution in [3.8, 4) is 11.5 Å². The standard InChI is InChI=1S/C16H23NO2.BrH/c1-2-7-17-8-3-4-12-13-10-16(19)15(18)9-11(13)5-6-14(12)17;/h9-10,12,14,18-19H,2-8H2,1H3;1H. The summed E-state index contributed by atoms with van der Waals surface area (Å²) < 4.78 is 0. The van der Waals surface area contributed by atoms with E-state index in [2.05, 4.69) is 11.8 Å². The highest BCUT2D eigenvalue weighted by Gasteiger charge is 2.36. The zero-order valence-corrected chi connectivity index (χ0v) is 13.7. The van der Waals surface area contributed by atoms with Crippen molar-refractivity contribution in [2.45, 2.75) is 51.0 Å². The minimum Gasteiger partial charge on any atom is -0.504 e. The number of aromatic hydroxyl groups is 2. The van der Waals surface area contributed by atoms with Crippen molar-refractivity contribution >= 4 is 17.0 Å². The van der Waals surface area contributed by atoms with Gasteiger partial charge in [-0.1, -0.05) is 6.92 Å². The molecule has 0 amide bonds. The van der Waals surface area contributed by atoms with E-state index in [0.29, 0.717) is 12.0 Å². The molecule has 112 valence electrons. The van der Waals surface area contributed by atoms with Crippen LogP contribution in [0.5, 0.6) is 11.5 Å². The molecule has 0 radical (unpaired) electrons. The lowest BCUT2D eigenvalue weighted by atomic mass is 9.74. The van der Waals surface area contributed by atoms with E-state index in [1.807, 2.05) is 0 Å². The molecule has 4 heteroatoms. The second-order valence-electron chi connectivity index (χ2n) is 5.93. The Labute approximate surface area is 131 Å². The fraction of sp³-hybridized carbons (Fsp3) is 0.625. The molecule has 3 nitrogen and oxygen atoms in total. The van der Waals surface area contributed by atoms with Crippen LogP contribution in [0.4, 0.5) is 0 Å². The molecule has 0 aromatic heterocycles. The van der Waals surface area contributed by atoms with E-state index >= 15 is 0 Å². The van der Waals surface area contributed by atoms with Crippen molar-refractivity contribution < 1.29 is 10.2 Å². The third kappa shape index (κ3) is 2.68. The monoisotopic (exact) mass is 341 g/mol. The number of hydrogen-bond donors (Lipinski definition) is 2. The molecule has 1 saturated heterocycles. The summed E-state index contributed by atoms with van der Waals surface area (Å²) >= 11 is 0. The number of fused-ring (bicyclic) bond motifs is 3. The summed E-state index contributed by atoms with van der Waals surface area (Å²) in [5.41, 5.74) is 2.50. The van der Waals surface area contributed by atoms with Crippen molar-refractivity contribution in [1.82, 2.24) is 4.90 Å². The van der Waals surface area contributed by atoms with Crippen LogP contribution in [0, 0.1) is 0 Å². The topological polar surface area (TPSA) is 43.7 Å². The molecule has 1 aliphatic heterocycles. The third-order valence-electron chi connectivity index (χ3n) is 4.75. The van der Waals surface area contributed by atoms with Gasteiger partial charge >= 0.3 is 0 Å². The second kappa shape index (κ2) is 6.35. The van der Waals surface area contributed by atoms with Crippen LogP contribution in [0.15, 0.2) is 12.1 Å². The van der Waals surface area contributed by atoms with Crippen LogP contribution in [0.1, 0.15) is 49.7 Å². The van der Waals surface area contributed by atoms with Crippen LogP contribution in [-0.4, -0.2) is 34.2 Å². The summed E-state index contributed by atoms with van der Waals surface area (Å²) in [6.45, 7) is 4.64. The Bertz CT molecular complexity index is 476. The van der Waals surface area contributed by atoms with Gasteiger partial charge in [0, 0.05) is 6.04 Å². The number of phenols is 2. The van der Waals surface area contributed by atoms with Crippen LogP contribution in [0.25, 0.3) is 0 Å². The van der Waals surface area contributed by atoms with Crippen molar-refractivity contribution in [3.63, 3.8) is 0 Å². The Morgan fingerprint density at radius 1 is 1.20 bits per heavy atom. The first kappa shape index (κ1) is 15.6. The summed E-state index contributed by atoms with van der Waals surface area (Å²) in [7, 11) is 0. The Morgan fingerprint density at radius 3 is 2.70 bits per heavy atom. The Morgan fingerprint density at radius 2 is 1.95 bits per heavy atom. The molecule has 2 N–H and O–H groups in total. The normalized spacial score (nSPS) is 25.4. The van der Waals surface area contributed by atoms with Gasteiger partial charge in [-0.3, -0.25) is 4.90 Å². The van der Waals surface area contributed by atoms with Gasteiger partial charge in [-0.2, -0.15) is 0 Å². The molecule has 1 aliphatic carbocycles. The molecular formula is C16H24BrNO2. The third-order valence-corrected chi connectivity index (χ3v) is 4.75. The lowest BCUT2D eigenvalue weighted by Crippen LogP contribution is -2.46. The zero-order valence-electron chi connectivity index (χ0n) is 12.0. The lowest BCUT2D eigenvalue weighted by molar-refractivity contribution is 0.112. The van der Waals surface area contributed by atoms with E-state index < -0.39 is 0 Å². The number of aryl methyl sites for hydroxylation is 1. The Hall–Kier alpha value is -0.740. The molecule has 1 fully saturated rings. The van der Waals surface area contributed by atoms with Crippen LogP contribution < -0.4 is 0 Å². The fourth-order valence-electron chi connectivity index (χ4n) is 3.94. The summed E-state index contributed by atoms with van der Waals surface area (Å²) in [5, 5.41) is 19.4. The highest BCUT2D eigenvalue weighted by Crippen LogP contribution is 2.43. The minimum atomic E-state index is 0. The number of rotatable bonds is 2. The van der Waals surface area contributed by atoms with E-state index in [9.17, 15) is 10.2 Å². The lowest BCUT2D eigenvalue weighted by Gasteiger charge is -2.45. The fourth-order valence-corrected chi connectivity index (χ4v) is 3.94. The van der Waals surface area contributed by atoms with Gasteiger partial charge in [0.1, 0.15) is 0 Å². The van der Waals surface area contributed by atoms with Gasteiger partial charge in [-0.15, -0.1) is 17.0 Å². The summed E-state index contributed by atoms with van der Waals surface area (Å²) in [6, 6.07) is 4.20. The minimum absolute atomic E-state index is 0. The molecule has 20 heavy (non-hydrogen) atoms. The second-order valence-corrected chi connectivity index (χ2v) is 5.93. The smallest absolute Gasteiger partial charge is 0.157 e. The maximum Gasteiger partial charge on any atom is 0.157 e. The van der Waals surface area contributed by atoms with Crippen LogP contribution in [0.2, 0.25) is 0 Å². The molecule has 0 spiro atoms. The molecule has 0 bridgehead atoms. The molecule has 1 aromatic rings. The van der Waals surface area contributed by atoms with Gasteiger partial charge in [0.2, 0.25) is 0 Å². The van der Waals surface area contributed by atoms with E-state index in [1.54, 1.807) is 12.1 Å². The predicted molar refractivity (Wildman–Crippen MR) is 86.0 cm³/mol. The maximum atomic E-state index is 9.77. The first-order chi connectivity index (χ1) is 9.20. The van der Waals surface area contributed by atoms with Gasteiger partial charge in [-0.25, -0.2) is 0 Å². The molecular weight excluding hydrogens is 318 g/mol. The van der Waals surface area contributed by atoms with Crippen LogP contribution in [-0.2, 0) is 6.42 Å². The molecule has 3 rings (SSSR count). The molecule has 1 heterocycles. The van der Waals surface area contributed by atoms with E-state index in [4.69, 9.17) is 0 Å². The van der Waals surface area contributed by atoms with Gasteiger partial charge in [0.05, 0.1) is 0 Å². The van der Waals surface area contributed by atoms with Gasteiger partial charge in [-0.05, 0) is 74.4 Å². The predicted octanol–water partition coefficient (Wildman–Crippen LogP) is 3.58. The largest absolute Gasteiger partial charge is 0.504 e. The summed E-state index contributed by atoms with van der Waals surface area (Å²) in [6.07, 6.45) is 5.85. The zero-order chi connectivity index (χ0) is 13.4.